The molecule has 0 fully saturated rings. The van der Waals surface area contributed by atoms with E-state index in [1.165, 1.54) is 11.3 Å². The van der Waals surface area contributed by atoms with Gasteiger partial charge in [-0.3, -0.25) is 0 Å². The molecule has 0 amide bonds. The van der Waals surface area contributed by atoms with E-state index in [2.05, 4.69) is 88.3 Å². The minimum absolute atomic E-state index is 0.117. The Hall–Kier alpha value is -2.97. The number of carboxylic acids is 1. The molecule has 3 aromatic heterocycles. The molecule has 4 aromatic rings. The molecule has 0 saturated carbocycles. The van der Waals surface area contributed by atoms with Crippen LogP contribution in [0.25, 0.3) is 27.6 Å². The van der Waals surface area contributed by atoms with Crippen LogP contribution in [0.3, 0.4) is 0 Å². The summed E-state index contributed by atoms with van der Waals surface area (Å²) < 4.78 is 4.39. The fraction of sp³-hybridized carbons (Fsp3) is 0.414. The normalized spacial score (nSPS) is 12.3. The van der Waals surface area contributed by atoms with Crippen molar-refractivity contribution >= 4 is 25.5 Å². The standard InChI is InChI=1S/C29H38N4O2SSi/c1-9-24-26(28(34)35)30-29(36-24)33-27(21(8)25(31-33)22-13-11-10-12-14-22)23-15-16-32(17-23)37(18(2)3,19(4)5)20(6)7/h10-20H,9H2,1-8H3,(H,34,35). The Morgan fingerprint density at radius 1 is 1.00 bits per heavy atom. The number of hydrogen-bond acceptors (Lipinski definition) is 4. The van der Waals surface area contributed by atoms with Crippen LogP contribution in [0.15, 0.2) is 48.8 Å². The molecule has 3 heterocycles. The largest absolute Gasteiger partial charge is 0.476 e. The van der Waals surface area contributed by atoms with Crippen LogP contribution in [0, 0.1) is 6.92 Å². The third kappa shape index (κ3) is 4.50. The number of aromatic carboxylic acids is 1. The molecule has 6 nitrogen and oxygen atoms in total. The molecule has 37 heavy (non-hydrogen) atoms. The summed E-state index contributed by atoms with van der Waals surface area (Å²) >= 11 is 1.40. The zero-order valence-electron chi connectivity index (χ0n) is 23.1. The second-order valence-electron chi connectivity index (χ2n) is 10.7. The van der Waals surface area contributed by atoms with Crippen molar-refractivity contribution in [3.05, 3.63) is 64.9 Å². The van der Waals surface area contributed by atoms with E-state index < -0.39 is 14.2 Å². The van der Waals surface area contributed by atoms with Crippen molar-refractivity contribution in [2.24, 2.45) is 0 Å². The summed E-state index contributed by atoms with van der Waals surface area (Å²) in [6.45, 7) is 18.3. The van der Waals surface area contributed by atoms with Gasteiger partial charge < -0.3 is 9.34 Å². The first-order valence-electron chi connectivity index (χ1n) is 13.1. The van der Waals surface area contributed by atoms with Gasteiger partial charge in [-0.15, -0.1) is 0 Å². The summed E-state index contributed by atoms with van der Waals surface area (Å²) in [6.07, 6.45) is 5.17. The van der Waals surface area contributed by atoms with Gasteiger partial charge in [0.1, 0.15) is 0 Å². The zero-order chi connectivity index (χ0) is 27.1. The van der Waals surface area contributed by atoms with Crippen molar-refractivity contribution in [1.29, 1.82) is 0 Å². The maximum absolute atomic E-state index is 11.9. The molecule has 8 heteroatoms. The van der Waals surface area contributed by atoms with Crippen molar-refractivity contribution < 1.29 is 9.90 Å². The number of nitrogens with zero attached hydrogens (tertiary/aromatic N) is 4. The molecule has 0 radical (unpaired) electrons. The predicted octanol–water partition coefficient (Wildman–Crippen LogP) is 8.06. The molecule has 0 aliphatic heterocycles. The Labute approximate surface area is 225 Å². The maximum atomic E-state index is 11.9. The topological polar surface area (TPSA) is 72.9 Å². The highest BCUT2D eigenvalue weighted by Crippen LogP contribution is 2.44. The average molecular weight is 535 g/mol. The highest BCUT2D eigenvalue weighted by atomic mass is 32.1. The van der Waals surface area contributed by atoms with Crippen molar-refractivity contribution in [3.63, 3.8) is 0 Å². The highest BCUT2D eigenvalue weighted by Gasteiger charge is 2.45. The van der Waals surface area contributed by atoms with Crippen LogP contribution < -0.4 is 0 Å². The molecular weight excluding hydrogens is 496 g/mol. The Morgan fingerprint density at radius 2 is 1.62 bits per heavy atom. The van der Waals surface area contributed by atoms with Crippen molar-refractivity contribution in [3.8, 4) is 27.6 Å². The molecule has 0 aliphatic rings. The third-order valence-electron chi connectivity index (χ3n) is 7.75. The third-order valence-corrected chi connectivity index (χ3v) is 15.6. The molecule has 0 unspecified atom stereocenters. The lowest BCUT2D eigenvalue weighted by Gasteiger charge is -2.44. The second kappa shape index (κ2) is 10.4. The number of aromatic nitrogens is 4. The molecule has 0 atom stereocenters. The Bertz CT molecular complexity index is 1380. The minimum atomic E-state index is -1.92. The molecular formula is C29H38N4O2SSi. The first-order valence-corrected chi connectivity index (χ1v) is 16.1. The average Bonchev–Trinajstić information content (AvgIpc) is 3.56. The van der Waals surface area contributed by atoms with E-state index in [0.717, 1.165) is 33.0 Å². The Balaban J connectivity index is 1.97. The summed E-state index contributed by atoms with van der Waals surface area (Å²) in [5.74, 6) is -0.999. The number of benzene rings is 1. The Kier molecular flexibility index (Phi) is 7.62. The fourth-order valence-corrected chi connectivity index (χ4v) is 13.8. The zero-order valence-corrected chi connectivity index (χ0v) is 24.9. The summed E-state index contributed by atoms with van der Waals surface area (Å²) in [4.78, 5) is 17.2. The van der Waals surface area contributed by atoms with E-state index >= 15 is 0 Å². The molecule has 4 rings (SSSR count). The van der Waals surface area contributed by atoms with E-state index in [9.17, 15) is 9.90 Å². The lowest BCUT2D eigenvalue weighted by Crippen LogP contribution is -2.51. The number of aryl methyl sites for hydroxylation is 1. The van der Waals surface area contributed by atoms with E-state index in [4.69, 9.17) is 5.10 Å². The number of hydrogen-bond donors (Lipinski definition) is 1. The van der Waals surface area contributed by atoms with Crippen LogP contribution >= 0.6 is 11.3 Å². The van der Waals surface area contributed by atoms with E-state index in [1.807, 2.05) is 29.8 Å². The SMILES string of the molecule is CCc1sc(-n2nc(-c3ccccc3)c(C)c2-c2ccn([Si](C(C)C)(C(C)C)C(C)C)c2)nc1C(=O)O. The number of carbonyl (C=O) groups is 1. The Morgan fingerprint density at radius 3 is 2.14 bits per heavy atom. The number of thiazole rings is 1. The monoisotopic (exact) mass is 534 g/mol. The van der Waals surface area contributed by atoms with E-state index in [0.29, 0.717) is 28.2 Å². The van der Waals surface area contributed by atoms with Crippen molar-refractivity contribution in [2.45, 2.75) is 78.4 Å². The van der Waals surface area contributed by atoms with Gasteiger partial charge in [-0.05, 0) is 42.2 Å². The lowest BCUT2D eigenvalue weighted by atomic mass is 10.0. The molecule has 0 aliphatic carbocycles. The minimum Gasteiger partial charge on any atom is -0.476 e. The lowest BCUT2D eigenvalue weighted by molar-refractivity contribution is 0.0690. The smallest absolute Gasteiger partial charge is 0.355 e. The van der Waals surface area contributed by atoms with Crippen molar-refractivity contribution in [2.75, 3.05) is 0 Å². The van der Waals surface area contributed by atoms with Crippen LogP contribution in [-0.2, 0) is 6.42 Å². The summed E-state index contributed by atoms with van der Waals surface area (Å²) in [6, 6.07) is 12.3. The van der Waals surface area contributed by atoms with Crippen LogP contribution in [-0.4, -0.2) is 38.3 Å². The van der Waals surface area contributed by atoms with Gasteiger partial charge in [0, 0.05) is 27.8 Å². The van der Waals surface area contributed by atoms with Crippen molar-refractivity contribution in [1.82, 2.24) is 19.0 Å². The fourth-order valence-electron chi connectivity index (χ4n) is 6.35. The molecule has 0 spiro atoms. The van der Waals surface area contributed by atoms with Crippen LogP contribution in [0.2, 0.25) is 16.6 Å². The van der Waals surface area contributed by atoms with Gasteiger partial charge in [0.25, 0.3) is 0 Å². The number of rotatable bonds is 9. The maximum Gasteiger partial charge on any atom is 0.355 e. The summed E-state index contributed by atoms with van der Waals surface area (Å²) in [7, 11) is -1.92. The highest BCUT2D eigenvalue weighted by molar-refractivity contribution is 7.14. The van der Waals surface area contributed by atoms with Gasteiger partial charge >= 0.3 is 5.97 Å². The molecule has 1 aromatic carbocycles. The molecule has 1 N–H and O–H groups in total. The van der Waals surface area contributed by atoms with E-state index in [1.54, 1.807) is 0 Å². The second-order valence-corrected chi connectivity index (χ2v) is 17.5. The van der Waals surface area contributed by atoms with Crippen LogP contribution in [0.5, 0.6) is 0 Å². The number of carboxylic acid groups (broad SMARTS) is 1. The first kappa shape index (κ1) is 27.1. The van der Waals surface area contributed by atoms with Crippen LogP contribution in [0.4, 0.5) is 0 Å². The molecule has 0 saturated heterocycles. The molecule has 196 valence electrons. The van der Waals surface area contributed by atoms with Gasteiger partial charge in [0.05, 0.1) is 11.4 Å². The van der Waals surface area contributed by atoms with Crippen LogP contribution in [0.1, 0.15) is 69.4 Å². The molecule has 0 bridgehead atoms. The predicted molar refractivity (Wildman–Crippen MR) is 156 cm³/mol. The van der Waals surface area contributed by atoms with Gasteiger partial charge in [-0.25, -0.2) is 14.5 Å². The van der Waals surface area contributed by atoms with E-state index in [-0.39, 0.29) is 5.69 Å². The van der Waals surface area contributed by atoms with Gasteiger partial charge in [-0.2, -0.15) is 5.10 Å². The quantitative estimate of drug-likeness (QED) is 0.220. The van der Waals surface area contributed by atoms with Gasteiger partial charge in [-0.1, -0.05) is 90.1 Å². The summed E-state index contributed by atoms with van der Waals surface area (Å²) in [5.41, 5.74) is 6.84. The summed E-state index contributed by atoms with van der Waals surface area (Å²) in [5, 5.41) is 15.4. The van der Waals surface area contributed by atoms with Gasteiger partial charge in [0.2, 0.25) is 5.13 Å². The first-order chi connectivity index (χ1) is 17.5. The van der Waals surface area contributed by atoms with Gasteiger partial charge in [0.15, 0.2) is 13.9 Å².